The zero-order valence-corrected chi connectivity index (χ0v) is 20.2. The van der Waals surface area contributed by atoms with Gasteiger partial charge in [0.25, 0.3) is 5.91 Å². The minimum atomic E-state index is -0.874. The van der Waals surface area contributed by atoms with E-state index in [-0.39, 0.29) is 30.1 Å². The molecule has 0 spiro atoms. The van der Waals surface area contributed by atoms with Gasteiger partial charge < -0.3 is 15.0 Å². The zero-order chi connectivity index (χ0) is 23.8. The zero-order valence-electron chi connectivity index (χ0n) is 19.4. The smallest absolute Gasteiger partial charge is 0.275 e. The number of hydrogen-bond acceptors (Lipinski definition) is 6. The molecule has 2 amide bonds. The van der Waals surface area contributed by atoms with Crippen molar-refractivity contribution in [3.05, 3.63) is 76.5 Å². The molecule has 34 heavy (non-hydrogen) atoms. The highest BCUT2D eigenvalue weighted by atomic mass is 32.1. The summed E-state index contributed by atoms with van der Waals surface area (Å²) < 4.78 is 5.89. The Morgan fingerprint density at radius 2 is 1.97 bits per heavy atom. The van der Waals surface area contributed by atoms with E-state index in [1.165, 1.54) is 25.0 Å². The maximum atomic E-state index is 13.9. The van der Waals surface area contributed by atoms with Crippen molar-refractivity contribution in [3.8, 4) is 5.75 Å². The fourth-order valence-electron chi connectivity index (χ4n) is 4.38. The first-order chi connectivity index (χ1) is 16.7. The number of aromatic nitrogens is 2. The topological polar surface area (TPSA) is 84.4 Å². The van der Waals surface area contributed by atoms with E-state index in [4.69, 9.17) is 4.74 Å². The van der Waals surface area contributed by atoms with Crippen molar-refractivity contribution in [3.63, 3.8) is 0 Å². The van der Waals surface area contributed by atoms with Crippen LogP contribution in [0.2, 0.25) is 0 Å². The van der Waals surface area contributed by atoms with Gasteiger partial charge in [-0.2, -0.15) is 0 Å². The monoisotopic (exact) mass is 478 g/mol. The molecule has 0 radical (unpaired) electrons. The summed E-state index contributed by atoms with van der Waals surface area (Å²) in [6.45, 7) is 2.63. The molecule has 178 valence electrons. The minimum absolute atomic E-state index is 0.109. The minimum Gasteiger partial charge on any atom is -0.494 e. The van der Waals surface area contributed by atoms with Crippen LogP contribution < -0.4 is 10.1 Å². The number of rotatable bonds is 9. The first-order valence-electron chi connectivity index (χ1n) is 11.8. The first kappa shape index (κ1) is 23.9. The van der Waals surface area contributed by atoms with Crippen LogP contribution in [-0.4, -0.2) is 39.3 Å². The van der Waals surface area contributed by atoms with Crippen molar-refractivity contribution >= 4 is 23.2 Å². The Kier molecular flexibility index (Phi) is 8.25. The largest absolute Gasteiger partial charge is 0.494 e. The number of thiophene rings is 1. The van der Waals surface area contributed by atoms with Gasteiger partial charge in [0.05, 0.1) is 19.3 Å². The molecule has 0 bridgehead atoms. The Labute approximate surface area is 204 Å². The number of carbonyl (C=O) groups excluding carboxylic acids is 2. The van der Waals surface area contributed by atoms with Crippen LogP contribution in [0.15, 0.2) is 60.4 Å². The highest BCUT2D eigenvalue weighted by Crippen LogP contribution is 2.33. The summed E-state index contributed by atoms with van der Waals surface area (Å²) in [5.41, 5.74) is 0.856. The second kappa shape index (κ2) is 11.7. The van der Waals surface area contributed by atoms with Crippen molar-refractivity contribution < 1.29 is 14.3 Å². The first-order valence-corrected chi connectivity index (χ1v) is 12.7. The van der Waals surface area contributed by atoms with Gasteiger partial charge in [0.15, 0.2) is 0 Å². The molecule has 1 atom stereocenters. The number of benzene rings is 1. The molecule has 1 aromatic carbocycles. The average molecular weight is 479 g/mol. The van der Waals surface area contributed by atoms with E-state index in [9.17, 15) is 9.59 Å². The highest BCUT2D eigenvalue weighted by molar-refractivity contribution is 7.09. The molecule has 3 aromatic rings. The van der Waals surface area contributed by atoms with E-state index >= 15 is 0 Å². The maximum absolute atomic E-state index is 13.9. The molecule has 1 fully saturated rings. The van der Waals surface area contributed by atoms with Crippen LogP contribution in [-0.2, 0) is 11.3 Å². The van der Waals surface area contributed by atoms with E-state index in [1.54, 1.807) is 16.2 Å². The van der Waals surface area contributed by atoms with E-state index in [0.717, 1.165) is 30.6 Å². The SMILES string of the molecule is CCOc1ccccc1[C@H](C(=O)NC1CCCCC1)N(Cc1cccs1)C(=O)c1cnccn1. The van der Waals surface area contributed by atoms with E-state index in [1.807, 2.05) is 48.7 Å². The lowest BCUT2D eigenvalue weighted by atomic mass is 9.94. The van der Waals surface area contributed by atoms with Gasteiger partial charge in [-0.3, -0.25) is 14.6 Å². The molecule has 8 heteroatoms. The summed E-state index contributed by atoms with van der Waals surface area (Å²) >= 11 is 1.55. The molecule has 0 saturated heterocycles. The van der Waals surface area contributed by atoms with Crippen molar-refractivity contribution in [1.29, 1.82) is 0 Å². The molecule has 1 aliphatic rings. The van der Waals surface area contributed by atoms with Gasteiger partial charge in [-0.1, -0.05) is 43.5 Å². The van der Waals surface area contributed by atoms with Gasteiger partial charge in [0.1, 0.15) is 17.5 Å². The lowest BCUT2D eigenvalue weighted by Gasteiger charge is -2.33. The lowest BCUT2D eigenvalue weighted by molar-refractivity contribution is -0.127. The van der Waals surface area contributed by atoms with Crippen molar-refractivity contribution in [2.45, 2.75) is 57.7 Å². The quantitative estimate of drug-likeness (QED) is 0.479. The van der Waals surface area contributed by atoms with Crippen LogP contribution in [0.25, 0.3) is 0 Å². The summed E-state index contributed by atoms with van der Waals surface area (Å²) in [5, 5.41) is 5.20. The predicted molar refractivity (Wildman–Crippen MR) is 132 cm³/mol. The maximum Gasteiger partial charge on any atom is 0.275 e. The number of nitrogens with zero attached hydrogens (tertiary/aromatic N) is 3. The van der Waals surface area contributed by atoms with E-state index in [2.05, 4.69) is 15.3 Å². The van der Waals surface area contributed by atoms with Crippen molar-refractivity contribution in [1.82, 2.24) is 20.2 Å². The Hall–Kier alpha value is -3.26. The number of amides is 2. The summed E-state index contributed by atoms with van der Waals surface area (Å²) in [6.07, 6.45) is 9.75. The summed E-state index contributed by atoms with van der Waals surface area (Å²) in [4.78, 5) is 38.5. The van der Waals surface area contributed by atoms with Crippen molar-refractivity contribution in [2.24, 2.45) is 0 Å². The number of hydrogen-bond donors (Lipinski definition) is 1. The Morgan fingerprint density at radius 3 is 2.68 bits per heavy atom. The fraction of sp³-hybridized carbons (Fsp3) is 0.385. The van der Waals surface area contributed by atoms with Gasteiger partial charge in [-0.25, -0.2) is 4.98 Å². The molecule has 2 aromatic heterocycles. The molecular formula is C26H30N4O3S. The molecule has 0 unspecified atom stereocenters. The highest BCUT2D eigenvalue weighted by Gasteiger charge is 2.36. The fourth-order valence-corrected chi connectivity index (χ4v) is 5.08. The predicted octanol–water partition coefficient (Wildman–Crippen LogP) is 4.77. The molecule has 4 rings (SSSR count). The van der Waals surface area contributed by atoms with Crippen LogP contribution in [0.3, 0.4) is 0 Å². The number of para-hydroxylation sites is 1. The van der Waals surface area contributed by atoms with Gasteiger partial charge in [0, 0.05) is 28.9 Å². The van der Waals surface area contributed by atoms with Crippen LogP contribution in [0.5, 0.6) is 5.75 Å². The number of nitrogens with one attached hydrogen (secondary N) is 1. The molecule has 0 aliphatic heterocycles. The van der Waals surface area contributed by atoms with Crippen LogP contribution >= 0.6 is 11.3 Å². The third kappa shape index (κ3) is 5.80. The van der Waals surface area contributed by atoms with Crippen LogP contribution in [0, 0.1) is 0 Å². The second-order valence-corrected chi connectivity index (χ2v) is 9.35. The average Bonchev–Trinajstić information content (AvgIpc) is 3.39. The number of ether oxygens (including phenoxy) is 1. The summed E-state index contributed by atoms with van der Waals surface area (Å²) in [6, 6.07) is 10.6. The van der Waals surface area contributed by atoms with Gasteiger partial charge in [-0.05, 0) is 37.3 Å². The molecule has 1 saturated carbocycles. The summed E-state index contributed by atoms with van der Waals surface area (Å²) in [7, 11) is 0. The number of carbonyl (C=O) groups is 2. The normalized spacial score (nSPS) is 14.9. The van der Waals surface area contributed by atoms with Gasteiger partial charge in [-0.15, -0.1) is 11.3 Å². The second-order valence-electron chi connectivity index (χ2n) is 8.32. The van der Waals surface area contributed by atoms with E-state index in [0.29, 0.717) is 17.9 Å². The Balaban J connectivity index is 1.76. The summed E-state index contributed by atoms with van der Waals surface area (Å²) in [5.74, 6) is 0.0429. The van der Waals surface area contributed by atoms with Gasteiger partial charge in [0.2, 0.25) is 5.91 Å². The molecule has 7 nitrogen and oxygen atoms in total. The molecular weight excluding hydrogens is 448 g/mol. The Morgan fingerprint density at radius 1 is 1.15 bits per heavy atom. The molecule has 1 aliphatic carbocycles. The third-order valence-electron chi connectivity index (χ3n) is 5.97. The van der Waals surface area contributed by atoms with Crippen LogP contribution in [0.4, 0.5) is 0 Å². The standard InChI is InChI=1S/C26H30N4O3S/c1-2-33-23-13-7-6-12-21(23)24(25(31)29-19-9-4-3-5-10-19)30(18-20-11-8-16-34-20)26(32)22-17-27-14-15-28-22/h6-8,11-17,19,24H,2-5,9-10,18H2,1H3,(H,29,31)/t24-/m1/s1. The Bertz CT molecular complexity index is 1070. The van der Waals surface area contributed by atoms with Crippen molar-refractivity contribution in [2.75, 3.05) is 6.61 Å². The van der Waals surface area contributed by atoms with E-state index < -0.39 is 6.04 Å². The van der Waals surface area contributed by atoms with Gasteiger partial charge >= 0.3 is 0 Å². The lowest BCUT2D eigenvalue weighted by Crippen LogP contribution is -2.47. The van der Waals surface area contributed by atoms with Crippen LogP contribution in [0.1, 0.15) is 66.0 Å². The molecule has 1 N–H and O–H groups in total. The molecule has 2 heterocycles. The third-order valence-corrected chi connectivity index (χ3v) is 6.84.